The van der Waals surface area contributed by atoms with Gasteiger partial charge in [0.15, 0.2) is 0 Å². The lowest BCUT2D eigenvalue weighted by Gasteiger charge is -2.08. The molecule has 0 aliphatic heterocycles. The number of rotatable bonds is 4. The predicted octanol–water partition coefficient (Wildman–Crippen LogP) is 2.13. The first-order valence-electron chi connectivity index (χ1n) is 4.99. The summed E-state index contributed by atoms with van der Waals surface area (Å²) in [7, 11) is 1.93. The molecule has 0 aliphatic rings. The van der Waals surface area contributed by atoms with Crippen molar-refractivity contribution in [1.82, 2.24) is 15.1 Å². The first-order chi connectivity index (χ1) is 6.56. The third-order valence-corrected chi connectivity index (χ3v) is 2.62. The Labute approximate surface area is 90.4 Å². The highest BCUT2D eigenvalue weighted by molar-refractivity contribution is 6.31. The lowest BCUT2D eigenvalue weighted by molar-refractivity contribution is 0.559. The Kier molecular flexibility index (Phi) is 3.96. The number of nitrogens with zero attached hydrogens (tertiary/aromatic N) is 2. The lowest BCUT2D eigenvalue weighted by atomic mass is 10.3. The third-order valence-electron chi connectivity index (χ3n) is 2.18. The zero-order chi connectivity index (χ0) is 10.7. The molecule has 1 aromatic heterocycles. The molecule has 1 aromatic rings. The van der Waals surface area contributed by atoms with Crippen LogP contribution in [0, 0.1) is 0 Å². The maximum Gasteiger partial charge on any atom is 0.0863 e. The van der Waals surface area contributed by atoms with Crippen LogP contribution in [0.3, 0.4) is 0 Å². The summed E-state index contributed by atoms with van der Waals surface area (Å²) in [6.45, 7) is 7.07. The van der Waals surface area contributed by atoms with Crippen LogP contribution in [0.4, 0.5) is 0 Å². The average molecular weight is 216 g/mol. The van der Waals surface area contributed by atoms with E-state index in [1.54, 1.807) is 0 Å². The van der Waals surface area contributed by atoms with Crippen molar-refractivity contribution in [3.8, 4) is 0 Å². The van der Waals surface area contributed by atoms with E-state index >= 15 is 0 Å². The standard InChI is InChI=1S/C10H18ClN3/c1-5-8-10(11)9(14(4)13-8)6-12-7(2)3/h7,12H,5-6H2,1-4H3. The van der Waals surface area contributed by atoms with Crippen molar-refractivity contribution < 1.29 is 0 Å². The minimum absolute atomic E-state index is 0.464. The van der Waals surface area contributed by atoms with Gasteiger partial charge >= 0.3 is 0 Å². The fourth-order valence-corrected chi connectivity index (χ4v) is 1.67. The molecule has 0 unspecified atom stereocenters. The minimum atomic E-state index is 0.464. The summed E-state index contributed by atoms with van der Waals surface area (Å²) in [5.41, 5.74) is 2.05. The van der Waals surface area contributed by atoms with Crippen molar-refractivity contribution in [2.45, 2.75) is 39.8 Å². The van der Waals surface area contributed by atoms with E-state index in [1.807, 2.05) is 11.7 Å². The van der Waals surface area contributed by atoms with E-state index in [0.29, 0.717) is 6.04 Å². The molecule has 4 heteroatoms. The van der Waals surface area contributed by atoms with E-state index in [1.165, 1.54) is 0 Å². The van der Waals surface area contributed by atoms with E-state index in [4.69, 9.17) is 11.6 Å². The second kappa shape index (κ2) is 4.80. The molecule has 0 aromatic carbocycles. The quantitative estimate of drug-likeness (QED) is 0.834. The van der Waals surface area contributed by atoms with Gasteiger partial charge in [-0.05, 0) is 6.42 Å². The molecule has 1 N–H and O–H groups in total. The van der Waals surface area contributed by atoms with Gasteiger partial charge in [0.1, 0.15) is 0 Å². The molecular weight excluding hydrogens is 198 g/mol. The first-order valence-corrected chi connectivity index (χ1v) is 5.37. The topological polar surface area (TPSA) is 29.9 Å². The van der Waals surface area contributed by atoms with Gasteiger partial charge in [0.2, 0.25) is 0 Å². The fourth-order valence-electron chi connectivity index (χ4n) is 1.31. The van der Waals surface area contributed by atoms with E-state index in [0.717, 1.165) is 29.4 Å². The summed E-state index contributed by atoms with van der Waals surface area (Å²) in [6, 6.07) is 0.464. The summed E-state index contributed by atoms with van der Waals surface area (Å²) in [5.74, 6) is 0. The zero-order valence-corrected chi connectivity index (χ0v) is 10.0. The number of nitrogens with one attached hydrogen (secondary N) is 1. The van der Waals surface area contributed by atoms with E-state index in [2.05, 4.69) is 31.2 Å². The first kappa shape index (κ1) is 11.5. The Morgan fingerprint density at radius 1 is 1.50 bits per heavy atom. The van der Waals surface area contributed by atoms with Crippen LogP contribution in [0.1, 0.15) is 32.2 Å². The van der Waals surface area contributed by atoms with Gasteiger partial charge in [0, 0.05) is 19.6 Å². The predicted molar refractivity (Wildman–Crippen MR) is 59.6 cm³/mol. The molecule has 0 saturated heterocycles. The number of hydrogen-bond acceptors (Lipinski definition) is 2. The molecule has 80 valence electrons. The van der Waals surface area contributed by atoms with Crippen LogP contribution in [-0.2, 0) is 20.0 Å². The highest BCUT2D eigenvalue weighted by Crippen LogP contribution is 2.20. The molecule has 14 heavy (non-hydrogen) atoms. The molecule has 0 aliphatic carbocycles. The Morgan fingerprint density at radius 2 is 2.14 bits per heavy atom. The SMILES string of the molecule is CCc1nn(C)c(CNC(C)C)c1Cl. The number of hydrogen-bond donors (Lipinski definition) is 1. The maximum atomic E-state index is 6.19. The molecule has 0 bridgehead atoms. The third kappa shape index (κ3) is 2.49. The molecule has 0 fully saturated rings. The minimum Gasteiger partial charge on any atom is -0.309 e. The maximum absolute atomic E-state index is 6.19. The van der Waals surface area contributed by atoms with Gasteiger partial charge in [-0.1, -0.05) is 32.4 Å². The fraction of sp³-hybridized carbons (Fsp3) is 0.700. The molecule has 0 spiro atoms. The van der Waals surface area contributed by atoms with Crippen LogP contribution in [-0.4, -0.2) is 15.8 Å². The monoisotopic (exact) mass is 215 g/mol. The molecule has 1 heterocycles. The second-order valence-electron chi connectivity index (χ2n) is 3.72. The van der Waals surface area contributed by atoms with Gasteiger partial charge in [0.25, 0.3) is 0 Å². The lowest BCUT2D eigenvalue weighted by Crippen LogP contribution is -2.23. The molecule has 0 amide bonds. The smallest absolute Gasteiger partial charge is 0.0863 e. The Balaban J connectivity index is 2.80. The van der Waals surface area contributed by atoms with Crippen LogP contribution >= 0.6 is 11.6 Å². The Bertz CT molecular complexity index is 305. The largest absolute Gasteiger partial charge is 0.309 e. The van der Waals surface area contributed by atoms with Crippen molar-refractivity contribution in [3.05, 3.63) is 16.4 Å². The molecule has 1 rings (SSSR count). The van der Waals surface area contributed by atoms with Crippen molar-refractivity contribution in [2.24, 2.45) is 7.05 Å². The number of aromatic nitrogens is 2. The van der Waals surface area contributed by atoms with E-state index in [9.17, 15) is 0 Å². The second-order valence-corrected chi connectivity index (χ2v) is 4.10. The molecule has 0 saturated carbocycles. The van der Waals surface area contributed by atoms with Crippen molar-refractivity contribution in [2.75, 3.05) is 0 Å². The number of halogens is 1. The van der Waals surface area contributed by atoms with E-state index in [-0.39, 0.29) is 0 Å². The van der Waals surface area contributed by atoms with Gasteiger partial charge in [0.05, 0.1) is 16.4 Å². The summed E-state index contributed by atoms with van der Waals surface area (Å²) < 4.78 is 1.86. The normalized spacial score (nSPS) is 11.3. The average Bonchev–Trinajstić information content (AvgIpc) is 2.39. The van der Waals surface area contributed by atoms with Crippen LogP contribution in [0.25, 0.3) is 0 Å². The summed E-state index contributed by atoms with van der Waals surface area (Å²) in [4.78, 5) is 0. The summed E-state index contributed by atoms with van der Waals surface area (Å²) in [6.07, 6.45) is 0.883. The summed E-state index contributed by atoms with van der Waals surface area (Å²) >= 11 is 6.19. The Morgan fingerprint density at radius 3 is 2.57 bits per heavy atom. The Hall–Kier alpha value is -0.540. The van der Waals surface area contributed by atoms with E-state index < -0.39 is 0 Å². The van der Waals surface area contributed by atoms with Gasteiger partial charge in [-0.3, -0.25) is 4.68 Å². The van der Waals surface area contributed by atoms with Crippen LogP contribution < -0.4 is 5.32 Å². The summed E-state index contributed by atoms with van der Waals surface area (Å²) in [5, 5.41) is 8.50. The number of aryl methyl sites for hydroxylation is 2. The van der Waals surface area contributed by atoms with Gasteiger partial charge in [-0.2, -0.15) is 5.10 Å². The van der Waals surface area contributed by atoms with Crippen LogP contribution in [0.15, 0.2) is 0 Å². The highest BCUT2D eigenvalue weighted by Gasteiger charge is 2.12. The van der Waals surface area contributed by atoms with Gasteiger partial charge < -0.3 is 5.32 Å². The molecular formula is C10H18ClN3. The zero-order valence-electron chi connectivity index (χ0n) is 9.26. The van der Waals surface area contributed by atoms with Crippen molar-refractivity contribution >= 4 is 11.6 Å². The molecule has 0 radical (unpaired) electrons. The van der Waals surface area contributed by atoms with Crippen molar-refractivity contribution in [1.29, 1.82) is 0 Å². The molecule has 0 atom stereocenters. The molecule has 3 nitrogen and oxygen atoms in total. The van der Waals surface area contributed by atoms with Crippen molar-refractivity contribution in [3.63, 3.8) is 0 Å². The highest BCUT2D eigenvalue weighted by atomic mass is 35.5. The van der Waals surface area contributed by atoms with Crippen LogP contribution in [0.2, 0.25) is 5.02 Å². The van der Waals surface area contributed by atoms with Crippen LogP contribution in [0.5, 0.6) is 0 Å². The van der Waals surface area contributed by atoms with Gasteiger partial charge in [-0.15, -0.1) is 0 Å². The van der Waals surface area contributed by atoms with Gasteiger partial charge in [-0.25, -0.2) is 0 Å².